The minimum Gasteiger partial charge on any atom is -0.485 e. The molecule has 3 rings (SSSR count). The summed E-state index contributed by atoms with van der Waals surface area (Å²) in [7, 11) is 2.64. The zero-order chi connectivity index (χ0) is 19.6. The number of carbonyl (C=O) groups excluding carboxylic acids is 2. The molecule has 1 saturated heterocycles. The second-order valence-corrected chi connectivity index (χ2v) is 6.08. The van der Waals surface area contributed by atoms with E-state index < -0.39 is 29.8 Å². The summed E-state index contributed by atoms with van der Waals surface area (Å²) in [5.41, 5.74) is -0.351. The van der Waals surface area contributed by atoms with Crippen LogP contribution in [0.5, 0.6) is 5.75 Å². The molecule has 0 N–H and O–H groups in total. The number of hydrogen-bond acceptors (Lipinski definition) is 6. The van der Waals surface area contributed by atoms with Crippen LogP contribution in [0.15, 0.2) is 41.2 Å². The quantitative estimate of drug-likeness (QED) is 0.733. The summed E-state index contributed by atoms with van der Waals surface area (Å²) in [4.78, 5) is 37.7. The zero-order valence-electron chi connectivity index (χ0n) is 14.8. The Hall–Kier alpha value is -3.23. The molecule has 2 atom stereocenters. The predicted molar refractivity (Wildman–Crippen MR) is 91.8 cm³/mol. The van der Waals surface area contributed by atoms with E-state index in [1.54, 1.807) is 6.07 Å². The van der Waals surface area contributed by atoms with Crippen LogP contribution in [0.3, 0.4) is 0 Å². The molecule has 27 heavy (non-hydrogen) atoms. The summed E-state index contributed by atoms with van der Waals surface area (Å²) in [5, 5.41) is 3.92. The summed E-state index contributed by atoms with van der Waals surface area (Å²) in [5.74, 6) is -1.63. The second kappa shape index (κ2) is 7.56. The highest BCUT2D eigenvalue weighted by atomic mass is 19.1. The van der Waals surface area contributed by atoms with Gasteiger partial charge >= 0.3 is 5.97 Å². The number of hydrogen-bond donors (Lipinski definition) is 0. The van der Waals surface area contributed by atoms with Gasteiger partial charge in [-0.05, 0) is 18.2 Å². The Labute approximate surface area is 154 Å². The standard InChI is InChI=1S/C18H18FN3O5/c1-21-16(23)8-7-13(20-21)17(24)22-10-11(9-14(22)18(25)26-2)27-15-6-4-3-5-12(15)19/h3-8,11,14H,9-10H2,1-2H3/t11-,14-/m1/s1. The molecule has 1 aliphatic heterocycles. The van der Waals surface area contributed by atoms with E-state index in [1.165, 1.54) is 49.4 Å². The van der Waals surface area contributed by atoms with Crippen LogP contribution in [-0.2, 0) is 16.6 Å². The fraction of sp³-hybridized carbons (Fsp3) is 0.333. The minimum absolute atomic E-state index is 0.0116. The molecule has 1 fully saturated rings. The molecule has 1 aromatic carbocycles. The molecule has 1 aliphatic rings. The number of nitrogens with zero attached hydrogens (tertiary/aromatic N) is 3. The van der Waals surface area contributed by atoms with Crippen LogP contribution < -0.4 is 10.3 Å². The number of aromatic nitrogens is 2. The van der Waals surface area contributed by atoms with E-state index in [2.05, 4.69) is 5.10 Å². The largest absolute Gasteiger partial charge is 0.485 e. The summed E-state index contributed by atoms with van der Waals surface area (Å²) in [6.45, 7) is 0.0530. The number of likely N-dealkylation sites (tertiary alicyclic amines) is 1. The third kappa shape index (κ3) is 3.81. The molecule has 0 radical (unpaired) electrons. The lowest BCUT2D eigenvalue weighted by Crippen LogP contribution is -2.42. The van der Waals surface area contributed by atoms with E-state index in [0.29, 0.717) is 0 Å². The monoisotopic (exact) mass is 375 g/mol. The summed E-state index contributed by atoms with van der Waals surface area (Å²) in [6.07, 6.45) is -0.444. The van der Waals surface area contributed by atoms with Crippen molar-refractivity contribution in [2.75, 3.05) is 13.7 Å². The highest BCUT2D eigenvalue weighted by molar-refractivity contribution is 5.95. The van der Waals surface area contributed by atoms with Gasteiger partial charge in [-0.3, -0.25) is 9.59 Å². The zero-order valence-corrected chi connectivity index (χ0v) is 14.8. The Morgan fingerprint density at radius 2 is 1.96 bits per heavy atom. The lowest BCUT2D eigenvalue weighted by molar-refractivity contribution is -0.145. The van der Waals surface area contributed by atoms with Gasteiger partial charge in [0.05, 0.1) is 13.7 Å². The van der Waals surface area contributed by atoms with Gasteiger partial charge in [-0.25, -0.2) is 13.9 Å². The topological polar surface area (TPSA) is 90.7 Å². The molecular formula is C18H18FN3O5. The van der Waals surface area contributed by atoms with Crippen molar-refractivity contribution in [3.8, 4) is 5.75 Å². The van der Waals surface area contributed by atoms with E-state index in [1.807, 2.05) is 0 Å². The Morgan fingerprint density at radius 3 is 2.63 bits per heavy atom. The Morgan fingerprint density at radius 1 is 1.22 bits per heavy atom. The SMILES string of the molecule is COC(=O)[C@H]1C[C@@H](Oc2ccccc2F)CN1C(=O)c1ccc(=O)n(C)n1. The van der Waals surface area contributed by atoms with Gasteiger partial charge < -0.3 is 14.4 Å². The predicted octanol–water partition coefficient (Wildman–Crippen LogP) is 0.754. The smallest absolute Gasteiger partial charge is 0.328 e. The van der Waals surface area contributed by atoms with Gasteiger partial charge in [0.2, 0.25) is 0 Å². The average Bonchev–Trinajstić information content (AvgIpc) is 3.08. The first-order valence-electron chi connectivity index (χ1n) is 8.25. The van der Waals surface area contributed by atoms with Crippen molar-refractivity contribution in [2.45, 2.75) is 18.6 Å². The molecule has 9 heteroatoms. The lowest BCUT2D eigenvalue weighted by atomic mass is 10.2. The average molecular weight is 375 g/mol. The normalized spacial score (nSPS) is 19.0. The number of ether oxygens (including phenoxy) is 2. The van der Waals surface area contributed by atoms with Gasteiger partial charge in [-0.2, -0.15) is 5.10 Å². The first kappa shape index (κ1) is 18.6. The molecular weight excluding hydrogens is 357 g/mol. The molecule has 8 nitrogen and oxygen atoms in total. The maximum atomic E-state index is 13.8. The Bertz CT molecular complexity index is 929. The summed E-state index contributed by atoms with van der Waals surface area (Å²) in [6, 6.07) is 7.53. The van der Waals surface area contributed by atoms with Crippen molar-refractivity contribution < 1.29 is 23.5 Å². The van der Waals surface area contributed by atoms with Crippen LogP contribution in [0.1, 0.15) is 16.9 Å². The number of halogens is 1. The van der Waals surface area contributed by atoms with Crippen LogP contribution in [0, 0.1) is 5.82 Å². The second-order valence-electron chi connectivity index (χ2n) is 6.08. The Balaban J connectivity index is 1.84. The summed E-state index contributed by atoms with van der Waals surface area (Å²) >= 11 is 0. The van der Waals surface area contributed by atoms with Gasteiger partial charge in [0, 0.05) is 19.5 Å². The van der Waals surface area contributed by atoms with Crippen molar-refractivity contribution in [2.24, 2.45) is 7.05 Å². The van der Waals surface area contributed by atoms with Crippen LogP contribution in [0.4, 0.5) is 4.39 Å². The van der Waals surface area contributed by atoms with Crippen molar-refractivity contribution in [3.05, 3.63) is 58.3 Å². The number of amides is 1. The maximum absolute atomic E-state index is 13.8. The van der Waals surface area contributed by atoms with Crippen LogP contribution in [-0.4, -0.2) is 52.4 Å². The number of esters is 1. The van der Waals surface area contributed by atoms with Crippen molar-refractivity contribution in [1.82, 2.24) is 14.7 Å². The van der Waals surface area contributed by atoms with Crippen LogP contribution in [0.2, 0.25) is 0 Å². The number of benzene rings is 1. The molecule has 0 saturated carbocycles. The number of methoxy groups -OCH3 is 1. The van der Waals surface area contributed by atoms with Crippen molar-refractivity contribution in [1.29, 1.82) is 0 Å². The molecule has 0 bridgehead atoms. The molecule has 0 aliphatic carbocycles. The number of rotatable bonds is 4. The van der Waals surface area contributed by atoms with Crippen LogP contribution >= 0.6 is 0 Å². The van der Waals surface area contributed by atoms with Crippen LogP contribution in [0.25, 0.3) is 0 Å². The molecule has 0 unspecified atom stereocenters. The fourth-order valence-corrected chi connectivity index (χ4v) is 2.95. The van der Waals surface area contributed by atoms with E-state index in [4.69, 9.17) is 9.47 Å². The maximum Gasteiger partial charge on any atom is 0.328 e. The molecule has 2 aromatic rings. The van der Waals surface area contributed by atoms with E-state index >= 15 is 0 Å². The fourth-order valence-electron chi connectivity index (χ4n) is 2.95. The van der Waals surface area contributed by atoms with Gasteiger partial charge in [0.1, 0.15) is 17.8 Å². The summed E-state index contributed by atoms with van der Waals surface area (Å²) < 4.78 is 25.3. The highest BCUT2D eigenvalue weighted by Gasteiger charge is 2.42. The van der Waals surface area contributed by atoms with E-state index in [9.17, 15) is 18.8 Å². The van der Waals surface area contributed by atoms with Crippen molar-refractivity contribution >= 4 is 11.9 Å². The lowest BCUT2D eigenvalue weighted by Gasteiger charge is -2.21. The van der Waals surface area contributed by atoms with Gasteiger partial charge in [-0.15, -0.1) is 0 Å². The molecule has 142 valence electrons. The third-order valence-electron chi connectivity index (χ3n) is 4.31. The third-order valence-corrected chi connectivity index (χ3v) is 4.31. The molecule has 1 amide bonds. The Kier molecular flexibility index (Phi) is 5.20. The molecule has 0 spiro atoms. The van der Waals surface area contributed by atoms with E-state index in [0.717, 1.165) is 4.68 Å². The minimum atomic E-state index is -0.890. The number of para-hydroxylation sites is 1. The number of carbonyl (C=O) groups is 2. The van der Waals surface area contributed by atoms with E-state index in [-0.39, 0.29) is 30.0 Å². The first-order chi connectivity index (χ1) is 12.9. The molecule has 2 heterocycles. The van der Waals surface area contributed by atoms with Gasteiger partial charge in [0.15, 0.2) is 11.6 Å². The van der Waals surface area contributed by atoms with Gasteiger partial charge in [0.25, 0.3) is 11.5 Å². The highest BCUT2D eigenvalue weighted by Crippen LogP contribution is 2.26. The first-order valence-corrected chi connectivity index (χ1v) is 8.25. The molecule has 1 aromatic heterocycles. The van der Waals surface area contributed by atoms with Gasteiger partial charge in [-0.1, -0.05) is 12.1 Å². The number of aryl methyl sites for hydroxylation is 1. The van der Waals surface area contributed by atoms with Crippen molar-refractivity contribution in [3.63, 3.8) is 0 Å².